The summed E-state index contributed by atoms with van der Waals surface area (Å²) >= 11 is 8.90. The highest BCUT2D eigenvalue weighted by Crippen LogP contribution is 2.35. The van der Waals surface area contributed by atoms with E-state index in [0.29, 0.717) is 22.9 Å². The van der Waals surface area contributed by atoms with Gasteiger partial charge in [-0.15, -0.1) is 0 Å². The Labute approximate surface area is 88.0 Å². The van der Waals surface area contributed by atoms with Crippen LogP contribution in [0.4, 0.5) is 4.39 Å². The van der Waals surface area contributed by atoms with Crippen molar-refractivity contribution in [3.8, 4) is 0 Å². The zero-order chi connectivity index (χ0) is 9.59. The van der Waals surface area contributed by atoms with Crippen molar-refractivity contribution < 1.29 is 9.18 Å². The molecule has 68 valence electrons. The fourth-order valence-electron chi connectivity index (χ4n) is 1.53. The van der Waals surface area contributed by atoms with Crippen LogP contribution in [0.3, 0.4) is 0 Å². The first-order valence-corrected chi connectivity index (χ1v) is 4.98. The molecule has 1 aromatic carbocycles. The molecular formula is C9H5BrClFO. The summed E-state index contributed by atoms with van der Waals surface area (Å²) in [5.41, 5.74) is 1.19. The molecule has 0 bridgehead atoms. The standard InChI is InChI=1S/C9H5BrClFO/c10-5-3-6(12)9(11)8-4(5)1-2-7(8)13/h3H,1-2H2. The van der Waals surface area contributed by atoms with Crippen LogP contribution >= 0.6 is 27.5 Å². The van der Waals surface area contributed by atoms with Crippen molar-refractivity contribution >= 4 is 33.3 Å². The molecule has 1 aliphatic rings. The van der Waals surface area contributed by atoms with Gasteiger partial charge in [-0.05, 0) is 18.1 Å². The van der Waals surface area contributed by atoms with Crippen molar-refractivity contribution in [1.29, 1.82) is 0 Å². The molecule has 13 heavy (non-hydrogen) atoms. The summed E-state index contributed by atoms with van der Waals surface area (Å²) in [7, 11) is 0. The van der Waals surface area contributed by atoms with E-state index in [0.717, 1.165) is 5.56 Å². The van der Waals surface area contributed by atoms with Crippen LogP contribution in [0.25, 0.3) is 0 Å². The van der Waals surface area contributed by atoms with Crippen LogP contribution in [-0.2, 0) is 6.42 Å². The topological polar surface area (TPSA) is 17.1 Å². The molecule has 0 atom stereocenters. The van der Waals surface area contributed by atoms with Crippen LogP contribution in [0, 0.1) is 5.82 Å². The minimum absolute atomic E-state index is 0.0410. The van der Waals surface area contributed by atoms with E-state index in [1.807, 2.05) is 0 Å². The number of ketones is 1. The van der Waals surface area contributed by atoms with Crippen LogP contribution in [0.5, 0.6) is 0 Å². The molecule has 0 spiro atoms. The summed E-state index contributed by atoms with van der Waals surface area (Å²) in [6, 6.07) is 1.31. The van der Waals surface area contributed by atoms with Gasteiger partial charge in [-0.3, -0.25) is 4.79 Å². The molecule has 0 saturated carbocycles. The van der Waals surface area contributed by atoms with Crippen LogP contribution in [0.2, 0.25) is 5.02 Å². The van der Waals surface area contributed by atoms with Gasteiger partial charge in [0.05, 0.1) is 5.02 Å². The van der Waals surface area contributed by atoms with E-state index in [2.05, 4.69) is 15.9 Å². The van der Waals surface area contributed by atoms with Crippen molar-refractivity contribution in [3.05, 3.63) is 32.5 Å². The molecule has 1 aliphatic carbocycles. The van der Waals surface area contributed by atoms with E-state index < -0.39 is 5.82 Å². The van der Waals surface area contributed by atoms with Gasteiger partial charge in [0.1, 0.15) is 5.82 Å². The average molecular weight is 263 g/mol. The molecular weight excluding hydrogens is 258 g/mol. The lowest BCUT2D eigenvalue weighted by Crippen LogP contribution is -1.95. The fourth-order valence-corrected chi connectivity index (χ4v) is 2.40. The molecule has 4 heteroatoms. The summed E-state index contributed by atoms with van der Waals surface area (Å²) in [4.78, 5) is 11.3. The van der Waals surface area contributed by atoms with E-state index in [-0.39, 0.29) is 10.8 Å². The second-order valence-corrected chi connectivity index (χ2v) is 4.16. The molecule has 0 fully saturated rings. The number of rotatable bonds is 0. The lowest BCUT2D eigenvalue weighted by Gasteiger charge is -2.04. The second-order valence-electron chi connectivity index (χ2n) is 2.93. The lowest BCUT2D eigenvalue weighted by atomic mass is 10.1. The summed E-state index contributed by atoms with van der Waals surface area (Å²) < 4.78 is 13.7. The molecule has 0 heterocycles. The normalized spacial score (nSPS) is 14.8. The SMILES string of the molecule is O=C1CCc2c(Br)cc(F)c(Cl)c21. The summed E-state index contributed by atoms with van der Waals surface area (Å²) in [5, 5.41) is -0.0410. The van der Waals surface area contributed by atoms with Gasteiger partial charge in [0.15, 0.2) is 5.78 Å². The highest BCUT2D eigenvalue weighted by Gasteiger charge is 2.26. The largest absolute Gasteiger partial charge is 0.294 e. The molecule has 2 rings (SSSR count). The van der Waals surface area contributed by atoms with Crippen molar-refractivity contribution in [3.63, 3.8) is 0 Å². The van der Waals surface area contributed by atoms with Crippen molar-refractivity contribution in [2.24, 2.45) is 0 Å². The van der Waals surface area contributed by atoms with Gasteiger partial charge in [0, 0.05) is 16.5 Å². The summed E-state index contributed by atoms with van der Waals surface area (Å²) in [6.07, 6.45) is 1.08. The van der Waals surface area contributed by atoms with E-state index in [1.165, 1.54) is 6.07 Å². The number of benzene rings is 1. The third-order valence-corrected chi connectivity index (χ3v) is 3.23. The van der Waals surface area contributed by atoms with Crippen molar-refractivity contribution in [2.45, 2.75) is 12.8 Å². The Kier molecular flexibility index (Phi) is 2.16. The predicted molar refractivity (Wildman–Crippen MR) is 51.8 cm³/mol. The first-order chi connectivity index (χ1) is 6.11. The maximum Gasteiger partial charge on any atom is 0.165 e. The Balaban J connectivity index is 2.77. The van der Waals surface area contributed by atoms with Gasteiger partial charge >= 0.3 is 0 Å². The summed E-state index contributed by atoms with van der Waals surface area (Å²) in [6.45, 7) is 0. The first kappa shape index (κ1) is 9.16. The van der Waals surface area contributed by atoms with Crippen LogP contribution in [-0.4, -0.2) is 5.78 Å². The maximum atomic E-state index is 13.1. The Morgan fingerprint density at radius 3 is 2.85 bits per heavy atom. The predicted octanol–water partition coefficient (Wildman–Crippen LogP) is 3.37. The van der Waals surface area contributed by atoms with Crippen LogP contribution in [0.1, 0.15) is 22.3 Å². The maximum absolute atomic E-state index is 13.1. The molecule has 0 N–H and O–H groups in total. The molecule has 1 nitrogen and oxygen atoms in total. The summed E-state index contributed by atoms with van der Waals surface area (Å²) in [5.74, 6) is -0.609. The Morgan fingerprint density at radius 1 is 1.46 bits per heavy atom. The average Bonchev–Trinajstić information content (AvgIpc) is 2.44. The minimum atomic E-state index is -0.539. The van der Waals surface area contributed by atoms with Gasteiger partial charge < -0.3 is 0 Å². The van der Waals surface area contributed by atoms with Gasteiger partial charge in [-0.1, -0.05) is 27.5 Å². The third-order valence-electron chi connectivity index (χ3n) is 2.15. The number of Topliss-reactive ketones (excluding diaryl/α,β-unsaturated/α-hetero) is 1. The van der Waals surface area contributed by atoms with Crippen molar-refractivity contribution in [2.75, 3.05) is 0 Å². The fraction of sp³-hybridized carbons (Fsp3) is 0.222. The third kappa shape index (κ3) is 1.30. The lowest BCUT2D eigenvalue weighted by molar-refractivity contribution is 0.0994. The molecule has 0 aromatic heterocycles. The monoisotopic (exact) mass is 262 g/mol. The molecule has 0 unspecified atom stereocenters. The highest BCUT2D eigenvalue weighted by atomic mass is 79.9. The number of hydrogen-bond donors (Lipinski definition) is 0. The smallest absolute Gasteiger partial charge is 0.165 e. The number of carbonyl (C=O) groups is 1. The van der Waals surface area contributed by atoms with Gasteiger partial charge in [0.25, 0.3) is 0 Å². The van der Waals surface area contributed by atoms with Gasteiger partial charge in [0.2, 0.25) is 0 Å². The quantitative estimate of drug-likeness (QED) is 0.656. The van der Waals surface area contributed by atoms with Crippen LogP contribution < -0.4 is 0 Å². The van der Waals surface area contributed by atoms with E-state index in [4.69, 9.17) is 11.6 Å². The first-order valence-electron chi connectivity index (χ1n) is 3.81. The molecule has 0 saturated heterocycles. The van der Waals surface area contributed by atoms with E-state index in [9.17, 15) is 9.18 Å². The molecule has 0 radical (unpaired) electrons. The van der Waals surface area contributed by atoms with E-state index >= 15 is 0 Å². The number of fused-ring (bicyclic) bond motifs is 1. The van der Waals surface area contributed by atoms with Crippen LogP contribution in [0.15, 0.2) is 10.5 Å². The molecule has 1 aromatic rings. The molecule has 0 amide bonds. The van der Waals surface area contributed by atoms with Gasteiger partial charge in [-0.25, -0.2) is 4.39 Å². The van der Waals surface area contributed by atoms with E-state index in [1.54, 1.807) is 0 Å². The minimum Gasteiger partial charge on any atom is -0.294 e. The zero-order valence-electron chi connectivity index (χ0n) is 6.53. The number of carbonyl (C=O) groups excluding carboxylic acids is 1. The Hall–Kier alpha value is -0.410. The van der Waals surface area contributed by atoms with Crippen molar-refractivity contribution in [1.82, 2.24) is 0 Å². The number of hydrogen-bond acceptors (Lipinski definition) is 1. The zero-order valence-corrected chi connectivity index (χ0v) is 8.88. The molecule has 0 aliphatic heterocycles. The second kappa shape index (κ2) is 3.07. The van der Waals surface area contributed by atoms with Gasteiger partial charge in [-0.2, -0.15) is 0 Å². The number of halogens is 3. The Morgan fingerprint density at radius 2 is 2.15 bits per heavy atom. The Bertz CT molecular complexity index is 403. The highest BCUT2D eigenvalue weighted by molar-refractivity contribution is 9.10.